The first-order valence-electron chi connectivity index (χ1n) is 5.93. The number of hydrogen-bond donors (Lipinski definition) is 1. The molecular weight excluding hydrogens is 326 g/mol. The lowest BCUT2D eigenvalue weighted by molar-refractivity contribution is 0.0696. The standard InChI is InChI=1S/C14H12BrNO2S/c15-13-4-3-12(19-13)8-16-6-10-2-1-9(14(17)18)5-11(10)7-16/h1-5H,6-8H2,(H,17,18). The van der Waals surface area contributed by atoms with E-state index in [0.717, 1.165) is 29.0 Å². The van der Waals surface area contributed by atoms with Crippen LogP contribution in [0.5, 0.6) is 0 Å². The summed E-state index contributed by atoms with van der Waals surface area (Å²) in [6, 6.07) is 9.60. The Morgan fingerprint density at radius 1 is 1.26 bits per heavy atom. The SMILES string of the molecule is O=C(O)c1ccc2c(c1)CN(Cc1ccc(Br)s1)C2. The van der Waals surface area contributed by atoms with Gasteiger partial charge in [-0.15, -0.1) is 11.3 Å². The molecule has 1 aliphatic heterocycles. The van der Waals surface area contributed by atoms with Crippen LogP contribution >= 0.6 is 27.3 Å². The van der Waals surface area contributed by atoms with E-state index in [1.807, 2.05) is 6.07 Å². The van der Waals surface area contributed by atoms with Gasteiger partial charge in [0.25, 0.3) is 0 Å². The van der Waals surface area contributed by atoms with Gasteiger partial charge < -0.3 is 5.11 Å². The molecule has 2 aromatic rings. The van der Waals surface area contributed by atoms with E-state index in [-0.39, 0.29) is 0 Å². The van der Waals surface area contributed by atoms with E-state index in [9.17, 15) is 4.79 Å². The molecule has 0 radical (unpaired) electrons. The van der Waals surface area contributed by atoms with E-state index in [2.05, 4.69) is 33.0 Å². The molecule has 0 saturated heterocycles. The van der Waals surface area contributed by atoms with Gasteiger partial charge in [-0.1, -0.05) is 6.07 Å². The molecule has 1 aromatic heterocycles. The summed E-state index contributed by atoms with van der Waals surface area (Å²) in [6.07, 6.45) is 0. The number of thiophene rings is 1. The molecule has 1 aliphatic rings. The van der Waals surface area contributed by atoms with Crippen LogP contribution in [0.15, 0.2) is 34.1 Å². The Morgan fingerprint density at radius 2 is 2.05 bits per heavy atom. The van der Waals surface area contributed by atoms with Crippen molar-refractivity contribution in [2.75, 3.05) is 0 Å². The minimum Gasteiger partial charge on any atom is -0.478 e. The number of fused-ring (bicyclic) bond motifs is 1. The molecule has 0 amide bonds. The average Bonchev–Trinajstić information content (AvgIpc) is 2.94. The normalized spacial score (nSPS) is 14.6. The number of rotatable bonds is 3. The molecule has 0 saturated carbocycles. The average molecular weight is 338 g/mol. The van der Waals surface area contributed by atoms with Crippen molar-refractivity contribution in [2.24, 2.45) is 0 Å². The number of carboxylic acids is 1. The van der Waals surface area contributed by atoms with Crippen LogP contribution in [0, 0.1) is 0 Å². The van der Waals surface area contributed by atoms with Crippen molar-refractivity contribution < 1.29 is 9.90 Å². The molecule has 2 heterocycles. The van der Waals surface area contributed by atoms with E-state index in [4.69, 9.17) is 5.11 Å². The molecule has 98 valence electrons. The highest BCUT2D eigenvalue weighted by atomic mass is 79.9. The third-order valence-electron chi connectivity index (χ3n) is 3.25. The second-order valence-electron chi connectivity index (χ2n) is 4.64. The third-order valence-corrected chi connectivity index (χ3v) is 4.86. The molecule has 1 aromatic carbocycles. The van der Waals surface area contributed by atoms with Gasteiger partial charge in [0, 0.05) is 24.5 Å². The maximum absolute atomic E-state index is 11.0. The van der Waals surface area contributed by atoms with Crippen LogP contribution in [0.25, 0.3) is 0 Å². The zero-order valence-corrected chi connectivity index (χ0v) is 12.5. The number of hydrogen-bond acceptors (Lipinski definition) is 3. The van der Waals surface area contributed by atoms with Crippen molar-refractivity contribution in [3.63, 3.8) is 0 Å². The minimum absolute atomic E-state index is 0.375. The number of nitrogens with zero attached hydrogens (tertiary/aromatic N) is 1. The van der Waals surface area contributed by atoms with Crippen LogP contribution in [0.4, 0.5) is 0 Å². The van der Waals surface area contributed by atoms with Crippen LogP contribution < -0.4 is 0 Å². The minimum atomic E-state index is -0.858. The maximum Gasteiger partial charge on any atom is 0.335 e. The van der Waals surface area contributed by atoms with E-state index in [0.29, 0.717) is 5.56 Å². The number of aromatic carboxylic acids is 1. The summed E-state index contributed by atoms with van der Waals surface area (Å²) in [5.74, 6) is -0.858. The predicted molar refractivity (Wildman–Crippen MR) is 78.4 cm³/mol. The topological polar surface area (TPSA) is 40.5 Å². The number of halogens is 1. The van der Waals surface area contributed by atoms with Crippen molar-refractivity contribution in [1.29, 1.82) is 0 Å². The second kappa shape index (κ2) is 5.07. The largest absolute Gasteiger partial charge is 0.478 e. The zero-order chi connectivity index (χ0) is 13.4. The second-order valence-corrected chi connectivity index (χ2v) is 7.19. The zero-order valence-electron chi connectivity index (χ0n) is 10.1. The molecular formula is C14H12BrNO2S. The maximum atomic E-state index is 11.0. The highest BCUT2D eigenvalue weighted by molar-refractivity contribution is 9.11. The summed E-state index contributed by atoms with van der Waals surface area (Å²) in [4.78, 5) is 14.6. The van der Waals surface area contributed by atoms with Gasteiger partial charge in [-0.2, -0.15) is 0 Å². The predicted octanol–water partition coefficient (Wildman–Crippen LogP) is 3.72. The highest BCUT2D eigenvalue weighted by Gasteiger charge is 2.20. The first kappa shape index (κ1) is 12.8. The van der Waals surface area contributed by atoms with E-state index in [1.54, 1.807) is 23.5 Å². The van der Waals surface area contributed by atoms with Gasteiger partial charge in [0.15, 0.2) is 0 Å². The molecule has 0 spiro atoms. The van der Waals surface area contributed by atoms with Crippen molar-refractivity contribution in [1.82, 2.24) is 4.90 Å². The molecule has 0 bridgehead atoms. The van der Waals surface area contributed by atoms with Crippen molar-refractivity contribution in [3.8, 4) is 0 Å². The number of carboxylic acid groups (broad SMARTS) is 1. The van der Waals surface area contributed by atoms with Gasteiger partial charge in [0.2, 0.25) is 0 Å². The van der Waals surface area contributed by atoms with Crippen LogP contribution in [-0.2, 0) is 19.6 Å². The van der Waals surface area contributed by atoms with Crippen molar-refractivity contribution >= 4 is 33.2 Å². The summed E-state index contributed by atoms with van der Waals surface area (Å²) in [6.45, 7) is 2.63. The fourth-order valence-corrected chi connectivity index (χ4v) is 3.89. The molecule has 19 heavy (non-hydrogen) atoms. The lowest BCUT2D eigenvalue weighted by atomic mass is 10.1. The van der Waals surface area contributed by atoms with Crippen LogP contribution in [0.3, 0.4) is 0 Å². The van der Waals surface area contributed by atoms with Crippen molar-refractivity contribution in [2.45, 2.75) is 19.6 Å². The fraction of sp³-hybridized carbons (Fsp3) is 0.214. The lowest BCUT2D eigenvalue weighted by Gasteiger charge is -2.12. The molecule has 3 nitrogen and oxygen atoms in total. The molecule has 0 fully saturated rings. The molecule has 0 unspecified atom stereocenters. The number of benzene rings is 1. The quantitative estimate of drug-likeness (QED) is 0.927. The first-order chi connectivity index (χ1) is 9.11. The van der Waals surface area contributed by atoms with Gasteiger partial charge >= 0.3 is 5.97 Å². The van der Waals surface area contributed by atoms with E-state index < -0.39 is 5.97 Å². The summed E-state index contributed by atoms with van der Waals surface area (Å²) in [5, 5.41) is 9.00. The van der Waals surface area contributed by atoms with Gasteiger partial charge in [-0.3, -0.25) is 4.90 Å². The Kier molecular flexibility index (Phi) is 3.43. The Morgan fingerprint density at radius 3 is 2.74 bits per heavy atom. The highest BCUT2D eigenvalue weighted by Crippen LogP contribution is 2.28. The van der Waals surface area contributed by atoms with Crippen LogP contribution in [0.1, 0.15) is 26.4 Å². The molecule has 0 atom stereocenters. The van der Waals surface area contributed by atoms with Gasteiger partial charge in [-0.05, 0) is 51.3 Å². The smallest absolute Gasteiger partial charge is 0.335 e. The Bertz CT molecular complexity index is 638. The Balaban J connectivity index is 1.75. The summed E-state index contributed by atoms with van der Waals surface area (Å²) in [7, 11) is 0. The first-order valence-corrected chi connectivity index (χ1v) is 7.54. The van der Waals surface area contributed by atoms with E-state index >= 15 is 0 Å². The van der Waals surface area contributed by atoms with Gasteiger partial charge in [0.05, 0.1) is 9.35 Å². The summed E-state index contributed by atoms with van der Waals surface area (Å²) in [5.41, 5.74) is 2.75. The molecule has 0 aliphatic carbocycles. The Labute approximate surface area is 123 Å². The van der Waals surface area contributed by atoms with E-state index in [1.165, 1.54) is 10.4 Å². The van der Waals surface area contributed by atoms with Crippen molar-refractivity contribution in [3.05, 3.63) is 55.7 Å². The molecule has 5 heteroatoms. The molecule has 1 N–H and O–H groups in total. The van der Waals surface area contributed by atoms with Gasteiger partial charge in [-0.25, -0.2) is 4.79 Å². The fourth-order valence-electron chi connectivity index (χ4n) is 2.37. The Hall–Kier alpha value is -1.17. The summed E-state index contributed by atoms with van der Waals surface area (Å²) < 4.78 is 1.15. The summed E-state index contributed by atoms with van der Waals surface area (Å²) >= 11 is 5.21. The van der Waals surface area contributed by atoms with Crippen LogP contribution in [0.2, 0.25) is 0 Å². The number of carbonyl (C=O) groups is 1. The monoisotopic (exact) mass is 337 g/mol. The van der Waals surface area contributed by atoms with Gasteiger partial charge in [0.1, 0.15) is 0 Å². The molecule has 3 rings (SSSR count). The third kappa shape index (κ3) is 2.73. The van der Waals surface area contributed by atoms with Crippen LogP contribution in [-0.4, -0.2) is 16.0 Å². The lowest BCUT2D eigenvalue weighted by Crippen LogP contribution is -2.14.